The number of amides is 1. The molecule has 0 unspecified atom stereocenters. The molecule has 0 aliphatic carbocycles. The molecule has 1 aromatic carbocycles. The molecule has 130 valence electrons. The Morgan fingerprint density at radius 3 is 2.33 bits per heavy atom. The molecule has 5 nitrogen and oxygen atoms in total. The summed E-state index contributed by atoms with van der Waals surface area (Å²) in [5, 5.41) is 8.76. The number of carbonyl (C=O) groups is 1. The molecular formula is C17H21F2N3O2. The van der Waals surface area contributed by atoms with Crippen LogP contribution in [0.3, 0.4) is 0 Å². The Kier molecular flexibility index (Phi) is 4.97. The van der Waals surface area contributed by atoms with E-state index >= 15 is 0 Å². The van der Waals surface area contributed by atoms with Crippen molar-refractivity contribution >= 4 is 11.8 Å². The average molecular weight is 337 g/mol. The van der Waals surface area contributed by atoms with E-state index in [2.05, 4.69) is 0 Å². The van der Waals surface area contributed by atoms with Gasteiger partial charge < -0.3 is 14.5 Å². The van der Waals surface area contributed by atoms with Crippen molar-refractivity contribution in [3.63, 3.8) is 0 Å². The fourth-order valence-electron chi connectivity index (χ4n) is 2.68. The van der Waals surface area contributed by atoms with Crippen LogP contribution in [-0.2, 0) is 4.74 Å². The van der Waals surface area contributed by atoms with Crippen molar-refractivity contribution in [3.8, 4) is 6.07 Å². The third-order valence-electron chi connectivity index (χ3n) is 3.72. The average Bonchev–Trinajstić information content (AvgIpc) is 2.44. The minimum absolute atomic E-state index is 0.0609. The summed E-state index contributed by atoms with van der Waals surface area (Å²) < 4.78 is 33.6. The van der Waals surface area contributed by atoms with E-state index in [-0.39, 0.29) is 30.4 Å². The molecular weight excluding hydrogens is 316 g/mol. The summed E-state index contributed by atoms with van der Waals surface area (Å²) in [5.41, 5.74) is -0.821. The maximum atomic E-state index is 14.1. The molecule has 1 fully saturated rings. The molecule has 0 N–H and O–H groups in total. The van der Waals surface area contributed by atoms with E-state index in [4.69, 9.17) is 10.00 Å². The molecule has 0 bridgehead atoms. The Hall–Kier alpha value is -2.36. The van der Waals surface area contributed by atoms with E-state index in [1.54, 1.807) is 43.6 Å². The van der Waals surface area contributed by atoms with Crippen LogP contribution in [0.25, 0.3) is 0 Å². The molecule has 0 aromatic heterocycles. The molecule has 1 aliphatic rings. The second-order valence-electron chi connectivity index (χ2n) is 6.87. The Morgan fingerprint density at radius 1 is 1.29 bits per heavy atom. The van der Waals surface area contributed by atoms with Gasteiger partial charge in [-0.25, -0.2) is 13.6 Å². The zero-order chi connectivity index (χ0) is 18.1. The molecule has 24 heavy (non-hydrogen) atoms. The van der Waals surface area contributed by atoms with Gasteiger partial charge in [0.15, 0.2) is 11.6 Å². The molecule has 1 atom stereocenters. The predicted molar refractivity (Wildman–Crippen MR) is 85.7 cm³/mol. The number of hydrogen-bond donors (Lipinski definition) is 0. The monoisotopic (exact) mass is 337 g/mol. The van der Waals surface area contributed by atoms with Gasteiger partial charge in [0.1, 0.15) is 11.3 Å². The first-order chi connectivity index (χ1) is 11.1. The summed E-state index contributed by atoms with van der Waals surface area (Å²) in [6, 6.07) is 3.50. The topological polar surface area (TPSA) is 56.6 Å². The standard InChI is InChI=1S/C17H21F2N3O2/c1-11-10-21(5-6-22(11)16(23)24-17(2,3)4)15-13(18)7-12(9-20)8-14(15)19/h7-8,11H,5-6,10H2,1-4H3/t11-/m1/s1. The van der Waals surface area contributed by atoms with E-state index < -0.39 is 23.3 Å². The summed E-state index contributed by atoms with van der Waals surface area (Å²) >= 11 is 0. The van der Waals surface area contributed by atoms with E-state index in [9.17, 15) is 13.6 Å². The number of halogens is 2. The second kappa shape index (κ2) is 6.63. The number of nitriles is 1. The molecule has 7 heteroatoms. The smallest absolute Gasteiger partial charge is 0.410 e. The van der Waals surface area contributed by atoms with Crippen LogP contribution in [0.2, 0.25) is 0 Å². The van der Waals surface area contributed by atoms with Gasteiger partial charge in [-0.3, -0.25) is 0 Å². The van der Waals surface area contributed by atoms with Crippen LogP contribution in [-0.4, -0.2) is 42.3 Å². The van der Waals surface area contributed by atoms with Crippen LogP contribution in [0.15, 0.2) is 12.1 Å². The second-order valence-corrected chi connectivity index (χ2v) is 6.87. The maximum Gasteiger partial charge on any atom is 0.410 e. The third-order valence-corrected chi connectivity index (χ3v) is 3.72. The highest BCUT2D eigenvalue weighted by molar-refractivity contribution is 5.69. The number of anilines is 1. The van der Waals surface area contributed by atoms with Crippen molar-refractivity contribution in [2.24, 2.45) is 0 Å². The van der Waals surface area contributed by atoms with Crippen molar-refractivity contribution in [1.82, 2.24) is 4.90 Å². The molecule has 0 spiro atoms. The first-order valence-electron chi connectivity index (χ1n) is 7.76. The molecule has 1 saturated heterocycles. The quantitative estimate of drug-likeness (QED) is 0.789. The SMILES string of the molecule is C[C@@H]1CN(c2c(F)cc(C#N)cc2F)CCN1C(=O)OC(C)(C)C. The lowest BCUT2D eigenvalue weighted by Crippen LogP contribution is -2.55. The molecule has 2 rings (SSSR count). The van der Waals surface area contributed by atoms with Gasteiger partial charge in [0, 0.05) is 25.7 Å². The molecule has 1 heterocycles. The zero-order valence-corrected chi connectivity index (χ0v) is 14.3. The van der Waals surface area contributed by atoms with Crippen LogP contribution >= 0.6 is 0 Å². The van der Waals surface area contributed by atoms with Gasteiger partial charge >= 0.3 is 6.09 Å². The number of rotatable bonds is 1. The third kappa shape index (κ3) is 3.94. The van der Waals surface area contributed by atoms with Crippen molar-refractivity contribution in [3.05, 3.63) is 29.3 Å². The van der Waals surface area contributed by atoms with Crippen LogP contribution in [0.4, 0.5) is 19.3 Å². The van der Waals surface area contributed by atoms with Crippen molar-refractivity contribution in [2.45, 2.75) is 39.3 Å². The Balaban J connectivity index is 2.14. The van der Waals surface area contributed by atoms with E-state index in [0.29, 0.717) is 6.54 Å². The number of ether oxygens (including phenoxy) is 1. The lowest BCUT2D eigenvalue weighted by atomic mass is 10.1. The predicted octanol–water partition coefficient (Wildman–Crippen LogP) is 3.28. The fourth-order valence-corrected chi connectivity index (χ4v) is 2.68. The van der Waals surface area contributed by atoms with Crippen LogP contribution in [0.5, 0.6) is 0 Å². The number of hydrogen-bond acceptors (Lipinski definition) is 4. The van der Waals surface area contributed by atoms with Gasteiger partial charge in [0.25, 0.3) is 0 Å². The van der Waals surface area contributed by atoms with Crippen LogP contribution < -0.4 is 4.90 Å². The minimum Gasteiger partial charge on any atom is -0.444 e. The normalized spacial score (nSPS) is 18.3. The summed E-state index contributed by atoms with van der Waals surface area (Å²) in [6.45, 7) is 8.01. The Bertz CT molecular complexity index is 656. The van der Waals surface area contributed by atoms with Crippen molar-refractivity contribution in [1.29, 1.82) is 5.26 Å². The Morgan fingerprint density at radius 2 is 1.88 bits per heavy atom. The summed E-state index contributed by atoms with van der Waals surface area (Å²) in [6.07, 6.45) is -0.435. The van der Waals surface area contributed by atoms with E-state index in [0.717, 1.165) is 12.1 Å². The van der Waals surface area contributed by atoms with Gasteiger partial charge in [-0.1, -0.05) is 0 Å². The van der Waals surface area contributed by atoms with Crippen LogP contribution in [0, 0.1) is 23.0 Å². The fraction of sp³-hybridized carbons (Fsp3) is 0.529. The largest absolute Gasteiger partial charge is 0.444 e. The summed E-state index contributed by atoms with van der Waals surface area (Å²) in [4.78, 5) is 15.3. The highest BCUT2D eigenvalue weighted by atomic mass is 19.1. The maximum absolute atomic E-state index is 14.1. The number of benzene rings is 1. The number of carbonyl (C=O) groups excluding carboxylic acids is 1. The molecule has 0 saturated carbocycles. The lowest BCUT2D eigenvalue weighted by Gasteiger charge is -2.41. The van der Waals surface area contributed by atoms with Gasteiger partial charge in [0.2, 0.25) is 0 Å². The van der Waals surface area contributed by atoms with Gasteiger partial charge in [-0.15, -0.1) is 0 Å². The van der Waals surface area contributed by atoms with Crippen molar-refractivity contribution in [2.75, 3.05) is 24.5 Å². The van der Waals surface area contributed by atoms with Gasteiger partial charge in [0.05, 0.1) is 11.6 Å². The van der Waals surface area contributed by atoms with E-state index in [1.165, 1.54) is 0 Å². The van der Waals surface area contributed by atoms with Crippen LogP contribution in [0.1, 0.15) is 33.3 Å². The molecule has 1 aliphatic heterocycles. The number of nitrogens with zero attached hydrogens (tertiary/aromatic N) is 3. The highest BCUT2D eigenvalue weighted by Crippen LogP contribution is 2.27. The molecule has 0 radical (unpaired) electrons. The summed E-state index contributed by atoms with van der Waals surface area (Å²) in [7, 11) is 0. The zero-order valence-electron chi connectivity index (χ0n) is 14.3. The minimum atomic E-state index is -0.774. The van der Waals surface area contributed by atoms with Gasteiger partial charge in [-0.2, -0.15) is 5.26 Å². The van der Waals surface area contributed by atoms with E-state index in [1.807, 2.05) is 0 Å². The lowest BCUT2D eigenvalue weighted by molar-refractivity contribution is 0.0158. The molecule has 1 aromatic rings. The first-order valence-corrected chi connectivity index (χ1v) is 7.76. The Labute approximate surface area is 140 Å². The summed E-state index contributed by atoms with van der Waals surface area (Å²) in [5.74, 6) is -1.55. The number of piperazine rings is 1. The molecule has 1 amide bonds. The first kappa shape index (κ1) is 18.0. The highest BCUT2D eigenvalue weighted by Gasteiger charge is 2.32. The van der Waals surface area contributed by atoms with Crippen molar-refractivity contribution < 1.29 is 18.3 Å². The van der Waals surface area contributed by atoms with Gasteiger partial charge in [-0.05, 0) is 39.8 Å².